The Bertz CT molecular complexity index is 714. The summed E-state index contributed by atoms with van der Waals surface area (Å²) in [4.78, 5) is 15.0. The number of carboxylic acid groups (broad SMARTS) is 1. The van der Waals surface area contributed by atoms with Crippen molar-refractivity contribution in [2.24, 2.45) is 4.99 Å². The van der Waals surface area contributed by atoms with Crippen LogP contribution in [0.1, 0.15) is 11.8 Å². The summed E-state index contributed by atoms with van der Waals surface area (Å²) in [6.07, 6.45) is 0.120. The third-order valence-corrected chi connectivity index (χ3v) is 3.21. The molecule has 0 spiro atoms. The number of aliphatic carboxylic acids is 1. The summed E-state index contributed by atoms with van der Waals surface area (Å²) < 4.78 is 6.26. The molecule has 3 rings (SSSR count). The van der Waals surface area contributed by atoms with Crippen LogP contribution in [0.15, 0.2) is 32.1 Å². The number of carbonyl (C=O) groups is 1. The van der Waals surface area contributed by atoms with Gasteiger partial charge >= 0.3 is 5.97 Å². The number of aromatic nitrogens is 2. The number of fused-ring (bicyclic) bond motifs is 1. The lowest BCUT2D eigenvalue weighted by atomic mass is 9.66. The lowest BCUT2D eigenvalue weighted by Gasteiger charge is -1.95. The second kappa shape index (κ2) is 5.20. The van der Waals surface area contributed by atoms with Crippen LogP contribution in [0.2, 0.25) is 0 Å². The van der Waals surface area contributed by atoms with E-state index in [0.717, 1.165) is 21.2 Å². The van der Waals surface area contributed by atoms with Gasteiger partial charge in [0.25, 0.3) is 0 Å². The van der Waals surface area contributed by atoms with Crippen molar-refractivity contribution in [3.63, 3.8) is 0 Å². The monoisotopic (exact) mass is 332 g/mol. The minimum atomic E-state index is -0.998. The van der Waals surface area contributed by atoms with E-state index in [1.807, 2.05) is 25.5 Å². The first-order valence-electron chi connectivity index (χ1n) is 5.85. The maximum Gasteiger partial charge on any atom is 0.312 e. The normalized spacial score (nSPS) is 12.8. The minimum Gasteiger partial charge on any atom is -0.481 e. The van der Waals surface area contributed by atoms with Crippen molar-refractivity contribution in [2.45, 2.75) is 12.8 Å². The zero-order valence-corrected chi connectivity index (χ0v) is 11.8. The molecule has 1 aromatic heterocycles. The molecule has 0 atom stereocenters. The molecule has 1 N–H and O–H groups in total. The van der Waals surface area contributed by atoms with E-state index in [1.165, 1.54) is 0 Å². The quantitative estimate of drug-likeness (QED) is 0.846. The molecule has 0 saturated heterocycles. The largest absolute Gasteiger partial charge is 0.481 e. The number of halogens is 1. The molecule has 1 aliphatic heterocycles. The lowest BCUT2D eigenvalue weighted by molar-refractivity contribution is -0.136. The third kappa shape index (κ3) is 2.80. The maximum absolute atomic E-state index is 10.5. The highest BCUT2D eigenvalue weighted by Crippen LogP contribution is 2.19. The average molecular weight is 333 g/mol. The summed E-state index contributed by atoms with van der Waals surface area (Å²) in [6.45, 7) is 0. The third-order valence-electron chi connectivity index (χ3n) is 2.72. The molecule has 99 valence electrons. The maximum atomic E-state index is 10.5. The smallest absolute Gasteiger partial charge is 0.312 e. The van der Waals surface area contributed by atoms with Crippen molar-refractivity contribution >= 4 is 45.9 Å². The van der Waals surface area contributed by atoms with E-state index in [0.29, 0.717) is 12.3 Å². The molecule has 0 saturated carbocycles. The predicted octanol–water partition coefficient (Wildman–Crippen LogP) is 1.07. The molecule has 1 radical (unpaired) electrons. The molecule has 0 aliphatic carbocycles. The number of carboxylic acids is 1. The van der Waals surface area contributed by atoms with Gasteiger partial charge in [0.15, 0.2) is 0 Å². The number of benzene rings is 1. The Hall–Kier alpha value is -1.96. The van der Waals surface area contributed by atoms with Gasteiger partial charge in [-0.3, -0.25) is 9.79 Å². The van der Waals surface area contributed by atoms with Crippen LogP contribution in [0.3, 0.4) is 0 Å². The SMILES string of the molecule is O=C(O)Cc1nnc(CC2=Nc3ccc(Br)cc3[B]2)o1. The van der Waals surface area contributed by atoms with Gasteiger partial charge in [-0.25, -0.2) is 0 Å². The molecule has 8 heteroatoms. The number of aliphatic imine (C=N–C) groups is 1. The Morgan fingerprint density at radius 2 is 2.15 bits per heavy atom. The Morgan fingerprint density at radius 1 is 1.35 bits per heavy atom. The summed E-state index contributed by atoms with van der Waals surface area (Å²) in [5, 5.41) is 16.2. The first-order valence-corrected chi connectivity index (χ1v) is 6.64. The van der Waals surface area contributed by atoms with Gasteiger partial charge < -0.3 is 9.52 Å². The van der Waals surface area contributed by atoms with Gasteiger partial charge in [-0.15, -0.1) is 10.2 Å². The van der Waals surface area contributed by atoms with E-state index < -0.39 is 5.97 Å². The van der Waals surface area contributed by atoms with E-state index in [2.05, 4.69) is 31.1 Å². The molecule has 6 nitrogen and oxygen atoms in total. The zero-order chi connectivity index (χ0) is 14.1. The second-order valence-corrected chi connectivity index (χ2v) is 5.20. The zero-order valence-electron chi connectivity index (χ0n) is 10.2. The summed E-state index contributed by atoms with van der Waals surface area (Å²) in [6, 6.07) is 5.83. The molecule has 0 fully saturated rings. The predicted molar refractivity (Wildman–Crippen MR) is 76.0 cm³/mol. The van der Waals surface area contributed by atoms with Gasteiger partial charge in [-0.05, 0) is 17.7 Å². The molecule has 0 unspecified atom stereocenters. The van der Waals surface area contributed by atoms with E-state index in [-0.39, 0.29) is 12.3 Å². The molecule has 20 heavy (non-hydrogen) atoms. The van der Waals surface area contributed by atoms with Gasteiger partial charge in [-0.2, -0.15) is 0 Å². The van der Waals surface area contributed by atoms with Crippen LogP contribution >= 0.6 is 15.9 Å². The highest BCUT2D eigenvalue weighted by Gasteiger charge is 2.19. The molecule has 1 aliphatic rings. The molecule has 2 heterocycles. The van der Waals surface area contributed by atoms with Crippen LogP contribution < -0.4 is 5.46 Å². The summed E-state index contributed by atoms with van der Waals surface area (Å²) in [7, 11) is 1.95. The van der Waals surface area contributed by atoms with Crippen molar-refractivity contribution in [3.05, 3.63) is 34.5 Å². The number of rotatable bonds is 4. The molecule has 2 aromatic rings. The first-order chi connectivity index (χ1) is 9.60. The number of hydrogen-bond donors (Lipinski definition) is 1. The van der Waals surface area contributed by atoms with Gasteiger partial charge in [0.2, 0.25) is 19.1 Å². The average Bonchev–Trinajstić information content (AvgIpc) is 2.95. The van der Waals surface area contributed by atoms with Gasteiger partial charge in [-0.1, -0.05) is 27.5 Å². The van der Waals surface area contributed by atoms with E-state index >= 15 is 0 Å². The Balaban J connectivity index is 1.71. The van der Waals surface area contributed by atoms with Crippen LogP contribution in [0.25, 0.3) is 0 Å². The van der Waals surface area contributed by atoms with Crippen LogP contribution in [-0.2, 0) is 17.6 Å². The molecule has 1 aromatic carbocycles. The Labute approximate surface area is 123 Å². The van der Waals surface area contributed by atoms with Crippen molar-refractivity contribution in [1.82, 2.24) is 10.2 Å². The fourth-order valence-electron chi connectivity index (χ4n) is 1.92. The second-order valence-electron chi connectivity index (χ2n) is 4.29. The lowest BCUT2D eigenvalue weighted by Crippen LogP contribution is -2.19. The fourth-order valence-corrected chi connectivity index (χ4v) is 2.29. The summed E-state index contributed by atoms with van der Waals surface area (Å²) in [5.74, 6) is -0.531. The fraction of sp³-hybridized carbons (Fsp3) is 0.167. The molecular weight excluding hydrogens is 325 g/mol. The minimum absolute atomic E-state index is 0.103. The van der Waals surface area contributed by atoms with E-state index in [4.69, 9.17) is 9.52 Å². The topological polar surface area (TPSA) is 88.6 Å². The Kier molecular flexibility index (Phi) is 3.39. The molecule has 0 bridgehead atoms. The van der Waals surface area contributed by atoms with Crippen molar-refractivity contribution in [3.8, 4) is 0 Å². The van der Waals surface area contributed by atoms with Gasteiger partial charge in [0, 0.05) is 4.47 Å². The Morgan fingerprint density at radius 3 is 2.95 bits per heavy atom. The highest BCUT2D eigenvalue weighted by atomic mass is 79.9. The first kappa shape index (κ1) is 13.0. The van der Waals surface area contributed by atoms with Crippen LogP contribution in [-0.4, -0.2) is 34.2 Å². The summed E-state index contributed by atoms with van der Waals surface area (Å²) in [5.41, 5.74) is 2.73. The number of nitrogens with zero attached hydrogens (tertiary/aromatic N) is 3. The number of hydrogen-bond acceptors (Lipinski definition) is 5. The van der Waals surface area contributed by atoms with Crippen LogP contribution in [0, 0.1) is 0 Å². The molecular formula is C12H8BBrN3O3. The van der Waals surface area contributed by atoms with E-state index in [1.54, 1.807) is 0 Å². The van der Waals surface area contributed by atoms with Crippen molar-refractivity contribution < 1.29 is 14.3 Å². The highest BCUT2D eigenvalue weighted by molar-refractivity contribution is 9.10. The van der Waals surface area contributed by atoms with E-state index in [9.17, 15) is 4.79 Å². The summed E-state index contributed by atoms with van der Waals surface area (Å²) >= 11 is 3.41. The van der Waals surface area contributed by atoms with Crippen molar-refractivity contribution in [1.29, 1.82) is 0 Å². The van der Waals surface area contributed by atoms with Crippen LogP contribution in [0.4, 0.5) is 5.69 Å². The van der Waals surface area contributed by atoms with Crippen molar-refractivity contribution in [2.75, 3.05) is 0 Å². The van der Waals surface area contributed by atoms with Crippen LogP contribution in [0.5, 0.6) is 0 Å². The van der Waals surface area contributed by atoms with Gasteiger partial charge in [0.05, 0.1) is 12.1 Å². The molecule has 0 amide bonds. The standard InChI is InChI=1S/C12H8BBrN3O3/c14-6-1-2-8-7(3-6)13-9(15-8)4-10-16-17-11(20-10)5-12(18)19/h1-3H,4-5H2,(H,18,19). The van der Waals surface area contributed by atoms with Gasteiger partial charge in [0.1, 0.15) is 6.42 Å².